The Balaban J connectivity index is 0.000000587. The SMILES string of the molecule is CC[C@H](CCC(=O)N(C)C1CCCC[C@H]1OC)n1c(N)nc2ccc(Oc3ccccc3)cc21.O=C(O)C(F)(F)F. The van der Waals surface area contributed by atoms with Crippen LogP contribution in [0, 0.1) is 0 Å². The molecule has 1 heterocycles. The Bertz CT molecular complexity index is 1300. The molecule has 1 unspecified atom stereocenters. The lowest BCUT2D eigenvalue weighted by Gasteiger charge is -2.37. The Labute approximate surface area is 237 Å². The fourth-order valence-electron chi connectivity index (χ4n) is 5.13. The zero-order chi connectivity index (χ0) is 30.2. The second-order valence-electron chi connectivity index (χ2n) is 9.94. The van der Waals surface area contributed by atoms with Crippen molar-refractivity contribution in [3.05, 3.63) is 48.5 Å². The number of imidazole rings is 1. The summed E-state index contributed by atoms with van der Waals surface area (Å²) in [5.74, 6) is -0.630. The minimum Gasteiger partial charge on any atom is -0.475 e. The van der Waals surface area contributed by atoms with Crippen LogP contribution >= 0.6 is 0 Å². The number of halogens is 3. The molecule has 12 heteroatoms. The van der Waals surface area contributed by atoms with E-state index in [9.17, 15) is 18.0 Å². The average molecular weight is 579 g/mol. The Morgan fingerprint density at radius 3 is 2.41 bits per heavy atom. The van der Waals surface area contributed by atoms with Gasteiger partial charge in [0.2, 0.25) is 11.9 Å². The van der Waals surface area contributed by atoms with Gasteiger partial charge in [-0.2, -0.15) is 13.2 Å². The van der Waals surface area contributed by atoms with Gasteiger partial charge in [0.25, 0.3) is 0 Å². The van der Waals surface area contributed by atoms with E-state index in [0.717, 1.165) is 54.6 Å². The van der Waals surface area contributed by atoms with Crippen molar-refractivity contribution in [2.75, 3.05) is 19.9 Å². The van der Waals surface area contributed by atoms with Gasteiger partial charge in [-0.05, 0) is 49.9 Å². The first kappa shape index (κ1) is 31.7. The van der Waals surface area contributed by atoms with E-state index in [1.165, 1.54) is 0 Å². The fraction of sp³-hybridized carbons (Fsp3) is 0.483. The van der Waals surface area contributed by atoms with Crippen molar-refractivity contribution >= 4 is 28.9 Å². The number of para-hydroxylation sites is 1. The van der Waals surface area contributed by atoms with Gasteiger partial charge < -0.3 is 29.8 Å². The largest absolute Gasteiger partial charge is 0.490 e. The van der Waals surface area contributed by atoms with Crippen molar-refractivity contribution in [3.8, 4) is 11.5 Å². The molecule has 4 rings (SSSR count). The number of nitrogens with zero attached hydrogens (tertiary/aromatic N) is 3. The van der Waals surface area contributed by atoms with E-state index >= 15 is 0 Å². The third-order valence-electron chi connectivity index (χ3n) is 7.30. The van der Waals surface area contributed by atoms with Crippen molar-refractivity contribution in [1.29, 1.82) is 0 Å². The van der Waals surface area contributed by atoms with Crippen LogP contribution in [0.3, 0.4) is 0 Å². The number of carboxylic acid groups (broad SMARTS) is 1. The van der Waals surface area contributed by atoms with E-state index in [1.807, 2.05) is 60.5 Å². The molecule has 0 spiro atoms. The molecule has 1 aliphatic rings. The van der Waals surface area contributed by atoms with Gasteiger partial charge >= 0.3 is 12.1 Å². The molecule has 1 aliphatic carbocycles. The van der Waals surface area contributed by atoms with Crippen LogP contribution in [0.5, 0.6) is 11.5 Å². The fourth-order valence-corrected chi connectivity index (χ4v) is 5.13. The van der Waals surface area contributed by atoms with Crippen LogP contribution in [0.1, 0.15) is 57.9 Å². The highest BCUT2D eigenvalue weighted by molar-refractivity contribution is 5.80. The van der Waals surface area contributed by atoms with Gasteiger partial charge in [-0.25, -0.2) is 9.78 Å². The smallest absolute Gasteiger partial charge is 0.475 e. The number of rotatable bonds is 9. The zero-order valence-electron chi connectivity index (χ0n) is 23.4. The molecular weight excluding hydrogens is 541 g/mol. The van der Waals surface area contributed by atoms with E-state index < -0.39 is 12.1 Å². The molecule has 1 saturated carbocycles. The number of carboxylic acids is 1. The summed E-state index contributed by atoms with van der Waals surface area (Å²) < 4.78 is 45.5. The molecule has 3 aromatic rings. The first-order valence-electron chi connectivity index (χ1n) is 13.5. The number of methoxy groups -OCH3 is 1. The molecule has 9 nitrogen and oxygen atoms in total. The van der Waals surface area contributed by atoms with E-state index in [1.54, 1.807) is 7.11 Å². The predicted octanol–water partition coefficient (Wildman–Crippen LogP) is 6.19. The number of aromatic nitrogens is 2. The first-order chi connectivity index (χ1) is 19.5. The topological polar surface area (TPSA) is 120 Å². The summed E-state index contributed by atoms with van der Waals surface area (Å²) >= 11 is 0. The molecule has 0 saturated heterocycles. The number of hydrogen-bond donors (Lipinski definition) is 2. The Morgan fingerprint density at radius 2 is 1.80 bits per heavy atom. The molecular formula is C29H37F3N4O5. The number of anilines is 1. The van der Waals surface area contributed by atoms with Crippen LogP contribution in [0.25, 0.3) is 11.0 Å². The molecule has 3 N–H and O–H groups in total. The number of benzene rings is 2. The third kappa shape index (κ3) is 8.35. The van der Waals surface area contributed by atoms with Crippen LogP contribution in [-0.2, 0) is 14.3 Å². The lowest BCUT2D eigenvalue weighted by molar-refractivity contribution is -0.192. The maximum atomic E-state index is 13.1. The van der Waals surface area contributed by atoms with Gasteiger partial charge in [-0.3, -0.25) is 4.79 Å². The third-order valence-corrected chi connectivity index (χ3v) is 7.30. The highest BCUT2D eigenvalue weighted by atomic mass is 19.4. The normalized spacial score (nSPS) is 17.8. The molecule has 224 valence electrons. The van der Waals surface area contributed by atoms with Crippen molar-refractivity contribution in [3.63, 3.8) is 0 Å². The minimum atomic E-state index is -5.08. The van der Waals surface area contributed by atoms with Crippen LogP contribution in [-0.4, -0.2) is 63.9 Å². The summed E-state index contributed by atoms with van der Waals surface area (Å²) in [5.41, 5.74) is 8.10. The van der Waals surface area contributed by atoms with E-state index in [2.05, 4.69) is 16.5 Å². The molecule has 0 bridgehead atoms. The Hall–Kier alpha value is -3.80. The number of aliphatic carboxylic acids is 1. The minimum absolute atomic E-state index is 0.0684. The van der Waals surface area contributed by atoms with Gasteiger partial charge in [-0.15, -0.1) is 0 Å². The second kappa shape index (κ2) is 14.2. The Morgan fingerprint density at radius 1 is 1.15 bits per heavy atom. The van der Waals surface area contributed by atoms with E-state index in [-0.39, 0.29) is 24.1 Å². The number of fused-ring (bicyclic) bond motifs is 1. The number of carbonyl (C=O) groups is 2. The average Bonchev–Trinajstić information content (AvgIpc) is 3.28. The number of amides is 1. The van der Waals surface area contributed by atoms with E-state index in [4.69, 9.17) is 25.1 Å². The van der Waals surface area contributed by atoms with Crippen LogP contribution in [0.4, 0.5) is 19.1 Å². The van der Waals surface area contributed by atoms with Crippen LogP contribution in [0.15, 0.2) is 48.5 Å². The maximum Gasteiger partial charge on any atom is 0.490 e. The van der Waals surface area contributed by atoms with Crippen molar-refractivity contribution in [2.45, 2.75) is 76.2 Å². The maximum absolute atomic E-state index is 13.1. The zero-order valence-corrected chi connectivity index (χ0v) is 23.4. The number of likely N-dealkylation sites (N-methyl/N-ethyl adjacent to an activating group) is 1. The summed E-state index contributed by atoms with van der Waals surface area (Å²) in [7, 11) is 3.66. The van der Waals surface area contributed by atoms with Crippen LogP contribution in [0.2, 0.25) is 0 Å². The first-order valence-corrected chi connectivity index (χ1v) is 13.5. The predicted molar refractivity (Wildman–Crippen MR) is 149 cm³/mol. The second-order valence-corrected chi connectivity index (χ2v) is 9.94. The molecule has 0 radical (unpaired) electrons. The van der Waals surface area contributed by atoms with Crippen molar-refractivity contribution < 1.29 is 37.3 Å². The Kier molecular flexibility index (Phi) is 11.0. The standard InChI is InChI=1S/C27H36N4O3.C2HF3O2/c1-4-19(14-17-26(32)30(2)23-12-8-9-13-25(23)33-3)31-24-18-21(15-16-22(24)29-27(31)28)34-20-10-6-5-7-11-20;3-2(4,5)1(6)7/h5-7,10-11,15-16,18-19,23,25H,4,8-9,12-14,17H2,1-3H3,(H2,28,29);(H,6,7)/t19-,23?,25-;/m1./s1. The van der Waals surface area contributed by atoms with Crippen molar-refractivity contribution in [2.24, 2.45) is 0 Å². The highest BCUT2D eigenvalue weighted by Gasteiger charge is 2.38. The number of nitrogen functional groups attached to an aromatic ring is 1. The number of ether oxygens (including phenoxy) is 2. The van der Waals surface area contributed by atoms with Gasteiger partial charge in [0, 0.05) is 32.7 Å². The molecule has 1 aromatic heterocycles. The summed E-state index contributed by atoms with van der Waals surface area (Å²) in [5, 5.41) is 7.12. The highest BCUT2D eigenvalue weighted by Crippen LogP contribution is 2.32. The van der Waals surface area contributed by atoms with Crippen molar-refractivity contribution in [1.82, 2.24) is 14.5 Å². The molecule has 1 fully saturated rings. The summed E-state index contributed by atoms with van der Waals surface area (Å²) in [6.45, 7) is 2.12. The summed E-state index contributed by atoms with van der Waals surface area (Å²) in [6.07, 6.45) is 1.37. The monoisotopic (exact) mass is 578 g/mol. The van der Waals surface area contributed by atoms with Crippen LogP contribution < -0.4 is 10.5 Å². The quantitative estimate of drug-likeness (QED) is 0.311. The lowest BCUT2D eigenvalue weighted by Crippen LogP contribution is -2.47. The van der Waals surface area contributed by atoms with Gasteiger partial charge in [-0.1, -0.05) is 38.0 Å². The van der Waals surface area contributed by atoms with Gasteiger partial charge in [0.05, 0.1) is 23.2 Å². The van der Waals surface area contributed by atoms with Gasteiger partial charge in [0.1, 0.15) is 11.5 Å². The number of carbonyl (C=O) groups excluding carboxylic acids is 1. The molecule has 2 aromatic carbocycles. The molecule has 3 atom stereocenters. The number of hydrogen-bond acceptors (Lipinski definition) is 6. The summed E-state index contributed by atoms with van der Waals surface area (Å²) in [4.78, 5) is 28.5. The summed E-state index contributed by atoms with van der Waals surface area (Å²) in [6, 6.07) is 15.7. The van der Waals surface area contributed by atoms with E-state index in [0.29, 0.717) is 18.8 Å². The molecule has 0 aliphatic heterocycles. The molecule has 1 amide bonds. The number of alkyl halides is 3. The van der Waals surface area contributed by atoms with Gasteiger partial charge in [0.15, 0.2) is 0 Å². The molecule has 41 heavy (non-hydrogen) atoms. The lowest BCUT2D eigenvalue weighted by atomic mass is 9.91. The number of nitrogens with two attached hydrogens (primary N) is 1.